The number of nitrogens with two attached hydrogens (primary N) is 2. The van der Waals surface area contributed by atoms with Crippen molar-refractivity contribution in [2.45, 2.75) is 24.7 Å². The van der Waals surface area contributed by atoms with Crippen LogP contribution in [-0.4, -0.2) is 81.9 Å². The molecular weight excluding hydrogens is 228 g/mol. The van der Waals surface area contributed by atoms with E-state index in [1.54, 1.807) is 0 Å². The minimum absolute atomic E-state index is 0.125. The summed E-state index contributed by atoms with van der Waals surface area (Å²) in [7, 11) is 6.24. The van der Waals surface area contributed by atoms with E-state index in [1.807, 2.05) is 0 Å². The molecule has 1 rings (SSSR count). The molecule has 0 aromatic rings. The van der Waals surface area contributed by atoms with Crippen LogP contribution in [0.2, 0.25) is 0 Å². The summed E-state index contributed by atoms with van der Waals surface area (Å²) in [6, 6.07) is 0.335. The average Bonchev–Trinajstić information content (AvgIpc) is 2.25. The van der Waals surface area contributed by atoms with E-state index in [1.165, 1.54) is 0 Å². The zero-order valence-electron chi connectivity index (χ0n) is 12.0. The van der Waals surface area contributed by atoms with Crippen LogP contribution in [0.1, 0.15) is 6.42 Å². The van der Waals surface area contributed by atoms with Gasteiger partial charge in [0, 0.05) is 44.8 Å². The number of nitrogens with one attached hydrogen (secondary N) is 2. The van der Waals surface area contributed by atoms with E-state index in [0.717, 1.165) is 39.1 Å². The third-order valence-electron chi connectivity index (χ3n) is 3.37. The Morgan fingerprint density at radius 2 is 1.94 bits per heavy atom. The van der Waals surface area contributed by atoms with Gasteiger partial charge < -0.3 is 21.7 Å². The van der Waals surface area contributed by atoms with Gasteiger partial charge >= 0.3 is 0 Å². The van der Waals surface area contributed by atoms with Crippen molar-refractivity contribution in [2.75, 3.05) is 53.9 Å². The second-order valence-electron chi connectivity index (χ2n) is 5.55. The zero-order valence-corrected chi connectivity index (χ0v) is 12.0. The van der Waals surface area contributed by atoms with Crippen LogP contribution in [0, 0.1) is 0 Å². The quantitative estimate of drug-likeness (QED) is 0.397. The third kappa shape index (κ3) is 5.60. The van der Waals surface area contributed by atoms with Crippen molar-refractivity contribution in [2.24, 2.45) is 11.5 Å². The molecular formula is C12H30N6. The van der Waals surface area contributed by atoms with E-state index in [2.05, 4.69) is 41.6 Å². The highest BCUT2D eigenvalue weighted by molar-refractivity contribution is 4.89. The summed E-state index contributed by atoms with van der Waals surface area (Å²) in [5.41, 5.74) is 12.1. The molecule has 3 atom stereocenters. The molecule has 1 heterocycles. The fourth-order valence-electron chi connectivity index (χ4n) is 2.41. The lowest BCUT2D eigenvalue weighted by atomic mass is 9.99. The first-order valence-electron chi connectivity index (χ1n) is 6.81. The Kier molecular flexibility index (Phi) is 7.06. The number of hydrogen-bond donors (Lipinski definition) is 4. The fourth-order valence-corrected chi connectivity index (χ4v) is 2.41. The van der Waals surface area contributed by atoms with Gasteiger partial charge in [-0.15, -0.1) is 0 Å². The highest BCUT2D eigenvalue weighted by Crippen LogP contribution is 2.11. The van der Waals surface area contributed by atoms with Crippen LogP contribution >= 0.6 is 0 Å². The van der Waals surface area contributed by atoms with Gasteiger partial charge in [-0.25, -0.2) is 0 Å². The predicted molar refractivity (Wildman–Crippen MR) is 76.4 cm³/mol. The van der Waals surface area contributed by atoms with Gasteiger partial charge in [0.1, 0.15) is 0 Å². The molecule has 0 aromatic carbocycles. The average molecular weight is 258 g/mol. The highest BCUT2D eigenvalue weighted by Gasteiger charge is 2.29. The molecule has 0 amide bonds. The lowest BCUT2D eigenvalue weighted by Gasteiger charge is -2.40. The first-order valence-corrected chi connectivity index (χ1v) is 6.81. The molecule has 0 radical (unpaired) electrons. The van der Waals surface area contributed by atoms with E-state index in [0.29, 0.717) is 0 Å². The third-order valence-corrected chi connectivity index (χ3v) is 3.37. The molecule has 0 aliphatic carbocycles. The van der Waals surface area contributed by atoms with E-state index < -0.39 is 0 Å². The largest absolute Gasteiger partial charge is 0.326 e. The van der Waals surface area contributed by atoms with Gasteiger partial charge in [0.25, 0.3) is 0 Å². The summed E-state index contributed by atoms with van der Waals surface area (Å²) in [6.07, 6.45) is 1.15. The van der Waals surface area contributed by atoms with Crippen LogP contribution in [0.15, 0.2) is 0 Å². The summed E-state index contributed by atoms with van der Waals surface area (Å²) >= 11 is 0. The molecule has 1 aliphatic rings. The Hall–Kier alpha value is -0.240. The Labute approximate surface area is 111 Å². The van der Waals surface area contributed by atoms with Crippen molar-refractivity contribution >= 4 is 0 Å². The molecule has 6 heteroatoms. The summed E-state index contributed by atoms with van der Waals surface area (Å²) in [5, 5.41) is 6.91. The lowest BCUT2D eigenvalue weighted by molar-refractivity contribution is 0.118. The monoisotopic (exact) mass is 258 g/mol. The van der Waals surface area contributed by atoms with Crippen LogP contribution < -0.4 is 22.1 Å². The lowest BCUT2D eigenvalue weighted by Crippen LogP contribution is -2.63. The molecule has 0 spiro atoms. The van der Waals surface area contributed by atoms with Crippen LogP contribution in [0.25, 0.3) is 0 Å². The first-order chi connectivity index (χ1) is 8.50. The molecule has 18 heavy (non-hydrogen) atoms. The van der Waals surface area contributed by atoms with Gasteiger partial charge in [-0.05, 0) is 27.6 Å². The number of rotatable bonds is 7. The van der Waals surface area contributed by atoms with Gasteiger partial charge in [0.05, 0.1) is 6.17 Å². The maximum atomic E-state index is 6.13. The van der Waals surface area contributed by atoms with E-state index in [9.17, 15) is 0 Å². The van der Waals surface area contributed by atoms with Crippen molar-refractivity contribution in [1.29, 1.82) is 0 Å². The van der Waals surface area contributed by atoms with Crippen LogP contribution in [0.4, 0.5) is 0 Å². The van der Waals surface area contributed by atoms with E-state index in [-0.39, 0.29) is 18.2 Å². The summed E-state index contributed by atoms with van der Waals surface area (Å²) in [4.78, 5) is 4.39. The minimum Gasteiger partial charge on any atom is -0.326 e. The minimum atomic E-state index is 0.125. The Morgan fingerprint density at radius 1 is 1.22 bits per heavy atom. The van der Waals surface area contributed by atoms with Crippen molar-refractivity contribution in [3.63, 3.8) is 0 Å². The normalized spacial score (nSPS) is 30.0. The Balaban J connectivity index is 2.11. The molecule has 108 valence electrons. The number of nitrogens with zero attached hydrogens (tertiary/aromatic N) is 2. The smallest absolute Gasteiger partial charge is 0.0752 e. The number of likely N-dealkylation sites (N-methyl/N-ethyl adjacent to an activating group) is 2. The summed E-state index contributed by atoms with van der Waals surface area (Å²) in [6.45, 7) is 4.91. The number of likely N-dealkylation sites (tertiary alicyclic amines) is 1. The van der Waals surface area contributed by atoms with Crippen LogP contribution in [0.3, 0.4) is 0 Å². The summed E-state index contributed by atoms with van der Waals surface area (Å²) in [5.74, 6) is 0. The van der Waals surface area contributed by atoms with E-state index >= 15 is 0 Å². The number of piperidine rings is 1. The standard InChI is InChI=1S/C12H30N6/c1-17(2)7-6-15-4-5-16-12-11(14)8-10(13)9-18(12)3/h10-12,15-16H,4-9,13-14H2,1-3H3. The maximum Gasteiger partial charge on any atom is 0.0752 e. The molecule has 6 nitrogen and oxygen atoms in total. The molecule has 0 bridgehead atoms. The van der Waals surface area contributed by atoms with Crippen LogP contribution in [0.5, 0.6) is 0 Å². The second-order valence-corrected chi connectivity index (χ2v) is 5.55. The molecule has 0 saturated carbocycles. The van der Waals surface area contributed by atoms with Crippen LogP contribution in [-0.2, 0) is 0 Å². The zero-order chi connectivity index (χ0) is 13.5. The van der Waals surface area contributed by atoms with Gasteiger partial charge in [-0.1, -0.05) is 0 Å². The Bertz CT molecular complexity index is 211. The molecule has 1 fully saturated rings. The van der Waals surface area contributed by atoms with E-state index in [4.69, 9.17) is 11.5 Å². The molecule has 6 N–H and O–H groups in total. The molecule has 3 unspecified atom stereocenters. The first kappa shape index (κ1) is 15.8. The van der Waals surface area contributed by atoms with Crippen molar-refractivity contribution in [3.05, 3.63) is 0 Å². The van der Waals surface area contributed by atoms with Gasteiger partial charge in [0.15, 0.2) is 0 Å². The second kappa shape index (κ2) is 8.04. The SMILES string of the molecule is CN(C)CCNCCNC1C(N)CC(N)CN1C. The Morgan fingerprint density at radius 3 is 2.56 bits per heavy atom. The molecule has 0 aromatic heterocycles. The van der Waals surface area contributed by atoms with Gasteiger partial charge in [-0.2, -0.15) is 0 Å². The number of hydrogen-bond acceptors (Lipinski definition) is 6. The van der Waals surface area contributed by atoms with Crippen molar-refractivity contribution in [3.8, 4) is 0 Å². The summed E-state index contributed by atoms with van der Waals surface area (Å²) < 4.78 is 0. The van der Waals surface area contributed by atoms with Gasteiger partial charge in [-0.3, -0.25) is 10.2 Å². The maximum absolute atomic E-state index is 6.13. The van der Waals surface area contributed by atoms with Gasteiger partial charge in [0.2, 0.25) is 0 Å². The topological polar surface area (TPSA) is 82.6 Å². The molecule has 1 aliphatic heterocycles. The predicted octanol–water partition coefficient (Wildman–Crippen LogP) is -1.96. The molecule has 1 saturated heterocycles. The fraction of sp³-hybridized carbons (Fsp3) is 1.00. The highest BCUT2D eigenvalue weighted by atomic mass is 15.3. The van der Waals surface area contributed by atoms with Crippen molar-refractivity contribution in [1.82, 2.24) is 20.4 Å². The van der Waals surface area contributed by atoms with Crippen molar-refractivity contribution < 1.29 is 0 Å².